The molecule has 1 fully saturated rings. The molecule has 5 heteroatoms. The first-order chi connectivity index (χ1) is 8.24. The minimum absolute atomic E-state index is 0.116. The summed E-state index contributed by atoms with van der Waals surface area (Å²) in [5, 5.41) is 8.95. The van der Waals surface area contributed by atoms with E-state index in [1.165, 1.54) is 0 Å². The van der Waals surface area contributed by atoms with Gasteiger partial charge in [0.15, 0.2) is 17.1 Å². The van der Waals surface area contributed by atoms with Crippen LogP contribution in [0.2, 0.25) is 0 Å². The summed E-state index contributed by atoms with van der Waals surface area (Å²) in [6.07, 6.45) is 3.81. The van der Waals surface area contributed by atoms with Gasteiger partial charge in [0.05, 0.1) is 5.92 Å². The maximum atomic E-state index is 10.9. The van der Waals surface area contributed by atoms with Crippen LogP contribution in [0.3, 0.4) is 0 Å². The Morgan fingerprint density at radius 2 is 2.35 bits per heavy atom. The average molecular weight is 232 g/mol. The lowest BCUT2D eigenvalue weighted by atomic mass is 10.1. The molecule has 2 atom stereocenters. The summed E-state index contributed by atoms with van der Waals surface area (Å²) in [5.74, 6) is -0.238. The van der Waals surface area contributed by atoms with Gasteiger partial charge in [-0.25, -0.2) is 4.98 Å². The highest BCUT2D eigenvalue weighted by molar-refractivity contribution is 5.70. The van der Waals surface area contributed by atoms with Crippen LogP contribution in [0.4, 0.5) is 0 Å². The second-order valence-corrected chi connectivity index (χ2v) is 4.42. The van der Waals surface area contributed by atoms with Crippen LogP contribution in [0.5, 0.6) is 0 Å². The van der Waals surface area contributed by atoms with E-state index in [9.17, 15) is 4.79 Å². The number of aliphatic carboxylic acids is 1. The fraction of sp³-hybridized carbons (Fsp3) is 0.417. The van der Waals surface area contributed by atoms with Gasteiger partial charge in [-0.2, -0.15) is 4.98 Å². The minimum Gasteiger partial charge on any atom is -0.481 e. The van der Waals surface area contributed by atoms with E-state index >= 15 is 0 Å². The van der Waals surface area contributed by atoms with E-state index in [1.54, 1.807) is 12.3 Å². The molecule has 0 radical (unpaired) electrons. The molecule has 88 valence electrons. The summed E-state index contributed by atoms with van der Waals surface area (Å²) in [6.45, 7) is 0. The summed E-state index contributed by atoms with van der Waals surface area (Å²) < 4.78 is 5.61. The first kappa shape index (κ1) is 10.3. The molecular weight excluding hydrogens is 220 g/mol. The zero-order valence-corrected chi connectivity index (χ0v) is 9.17. The van der Waals surface area contributed by atoms with Crippen LogP contribution < -0.4 is 0 Å². The maximum Gasteiger partial charge on any atom is 0.306 e. The van der Waals surface area contributed by atoms with Crippen molar-refractivity contribution in [3.63, 3.8) is 0 Å². The summed E-state index contributed by atoms with van der Waals surface area (Å²) in [7, 11) is 0. The van der Waals surface area contributed by atoms with Crippen molar-refractivity contribution in [1.29, 1.82) is 0 Å². The molecule has 3 rings (SSSR count). The number of hydrogen-bond acceptors (Lipinski definition) is 4. The van der Waals surface area contributed by atoms with Crippen LogP contribution in [0.25, 0.3) is 11.2 Å². The SMILES string of the molecule is O=C(O)C1CCC(c2nc3ncccc3o2)C1. The molecule has 0 aliphatic heterocycles. The monoisotopic (exact) mass is 232 g/mol. The topological polar surface area (TPSA) is 76.2 Å². The van der Waals surface area contributed by atoms with Crippen molar-refractivity contribution in [3.05, 3.63) is 24.2 Å². The third kappa shape index (κ3) is 1.77. The molecule has 1 aliphatic rings. The number of hydrogen-bond donors (Lipinski definition) is 1. The Bertz CT molecular complexity index is 531. The number of oxazole rings is 1. The van der Waals surface area contributed by atoms with E-state index in [0.717, 1.165) is 6.42 Å². The van der Waals surface area contributed by atoms with Crippen molar-refractivity contribution in [1.82, 2.24) is 9.97 Å². The van der Waals surface area contributed by atoms with E-state index in [2.05, 4.69) is 9.97 Å². The Balaban J connectivity index is 1.87. The lowest BCUT2D eigenvalue weighted by Gasteiger charge is -2.03. The van der Waals surface area contributed by atoms with Gasteiger partial charge in [-0.15, -0.1) is 0 Å². The number of aromatic nitrogens is 2. The van der Waals surface area contributed by atoms with Gasteiger partial charge in [-0.1, -0.05) is 0 Å². The first-order valence-electron chi connectivity index (χ1n) is 5.68. The second kappa shape index (κ2) is 3.84. The third-order valence-corrected chi connectivity index (χ3v) is 3.31. The van der Waals surface area contributed by atoms with Crippen molar-refractivity contribution in [2.24, 2.45) is 5.92 Å². The molecule has 0 spiro atoms. The molecule has 1 saturated carbocycles. The molecule has 0 saturated heterocycles. The fourth-order valence-electron chi connectivity index (χ4n) is 2.39. The lowest BCUT2D eigenvalue weighted by Crippen LogP contribution is -2.09. The van der Waals surface area contributed by atoms with Crippen molar-refractivity contribution in [3.8, 4) is 0 Å². The predicted octanol–water partition coefficient (Wildman–Crippen LogP) is 2.19. The predicted molar refractivity (Wildman–Crippen MR) is 59.5 cm³/mol. The van der Waals surface area contributed by atoms with Crippen molar-refractivity contribution in [2.75, 3.05) is 0 Å². The van der Waals surface area contributed by atoms with Gasteiger partial charge in [-0.3, -0.25) is 4.79 Å². The minimum atomic E-state index is -0.721. The number of nitrogens with zero attached hydrogens (tertiary/aromatic N) is 2. The second-order valence-electron chi connectivity index (χ2n) is 4.42. The molecule has 5 nitrogen and oxygen atoms in total. The number of pyridine rings is 1. The van der Waals surface area contributed by atoms with Crippen LogP contribution in [-0.4, -0.2) is 21.0 Å². The molecule has 2 aromatic rings. The van der Waals surface area contributed by atoms with E-state index in [0.29, 0.717) is 30.0 Å². The summed E-state index contributed by atoms with van der Waals surface area (Å²) in [6, 6.07) is 3.62. The standard InChI is InChI=1S/C12H12N2O3/c15-12(16)8-4-3-7(6-8)11-14-10-9(17-11)2-1-5-13-10/h1-2,5,7-8H,3-4,6H2,(H,15,16). The van der Waals surface area contributed by atoms with Gasteiger partial charge in [0.1, 0.15) is 0 Å². The number of fused-ring (bicyclic) bond motifs is 1. The average Bonchev–Trinajstić information content (AvgIpc) is 2.95. The van der Waals surface area contributed by atoms with E-state index in [-0.39, 0.29) is 11.8 Å². The highest BCUT2D eigenvalue weighted by Gasteiger charge is 2.33. The summed E-state index contributed by atoms with van der Waals surface area (Å²) >= 11 is 0. The van der Waals surface area contributed by atoms with Crippen LogP contribution in [0.15, 0.2) is 22.7 Å². The summed E-state index contributed by atoms with van der Waals surface area (Å²) in [5.41, 5.74) is 1.27. The first-order valence-corrected chi connectivity index (χ1v) is 5.68. The van der Waals surface area contributed by atoms with Gasteiger partial charge in [-0.05, 0) is 31.4 Å². The van der Waals surface area contributed by atoms with Gasteiger partial charge < -0.3 is 9.52 Å². The molecule has 1 N–H and O–H groups in total. The fourth-order valence-corrected chi connectivity index (χ4v) is 2.39. The molecule has 0 bridgehead atoms. The Morgan fingerprint density at radius 1 is 1.47 bits per heavy atom. The Hall–Kier alpha value is -1.91. The normalized spacial score (nSPS) is 24.2. The van der Waals surface area contributed by atoms with Crippen LogP contribution in [0.1, 0.15) is 31.1 Å². The van der Waals surface area contributed by atoms with Crippen molar-refractivity contribution < 1.29 is 14.3 Å². The number of carboxylic acid groups (broad SMARTS) is 1. The Labute approximate surface area is 97.5 Å². The van der Waals surface area contributed by atoms with Crippen LogP contribution in [0, 0.1) is 5.92 Å². The Kier molecular flexibility index (Phi) is 2.31. The molecule has 0 amide bonds. The number of carboxylic acids is 1. The van der Waals surface area contributed by atoms with Gasteiger partial charge in [0, 0.05) is 12.1 Å². The maximum absolute atomic E-state index is 10.9. The zero-order chi connectivity index (χ0) is 11.8. The van der Waals surface area contributed by atoms with Gasteiger partial charge in [0.25, 0.3) is 0 Å². The van der Waals surface area contributed by atoms with Crippen LogP contribution >= 0.6 is 0 Å². The number of rotatable bonds is 2. The van der Waals surface area contributed by atoms with Gasteiger partial charge in [0.2, 0.25) is 0 Å². The zero-order valence-electron chi connectivity index (χ0n) is 9.17. The van der Waals surface area contributed by atoms with E-state index < -0.39 is 5.97 Å². The molecular formula is C12H12N2O3. The van der Waals surface area contributed by atoms with Crippen molar-refractivity contribution >= 4 is 17.2 Å². The molecule has 2 heterocycles. The molecule has 1 aliphatic carbocycles. The highest BCUT2D eigenvalue weighted by Crippen LogP contribution is 2.38. The smallest absolute Gasteiger partial charge is 0.306 e. The highest BCUT2D eigenvalue weighted by atomic mass is 16.4. The largest absolute Gasteiger partial charge is 0.481 e. The van der Waals surface area contributed by atoms with Gasteiger partial charge >= 0.3 is 5.97 Å². The van der Waals surface area contributed by atoms with Crippen molar-refractivity contribution in [2.45, 2.75) is 25.2 Å². The van der Waals surface area contributed by atoms with Crippen LogP contribution in [-0.2, 0) is 4.79 Å². The quantitative estimate of drug-likeness (QED) is 0.858. The number of carbonyl (C=O) groups is 1. The molecule has 0 aromatic carbocycles. The van der Waals surface area contributed by atoms with E-state index in [1.807, 2.05) is 6.07 Å². The van der Waals surface area contributed by atoms with E-state index in [4.69, 9.17) is 9.52 Å². The molecule has 2 aromatic heterocycles. The lowest BCUT2D eigenvalue weighted by molar-refractivity contribution is -0.141. The molecule has 17 heavy (non-hydrogen) atoms. The Morgan fingerprint density at radius 3 is 3.06 bits per heavy atom. The molecule has 2 unspecified atom stereocenters. The third-order valence-electron chi connectivity index (χ3n) is 3.31. The summed E-state index contributed by atoms with van der Waals surface area (Å²) in [4.78, 5) is 19.3.